The number of piperazine rings is 1. The Kier molecular flexibility index (Phi) is 5.88. The Hall–Kier alpha value is -3.16. The fourth-order valence-electron chi connectivity index (χ4n) is 3.44. The van der Waals surface area contributed by atoms with Crippen LogP contribution < -0.4 is 5.32 Å². The van der Waals surface area contributed by atoms with Crippen molar-refractivity contribution in [3.05, 3.63) is 71.3 Å². The highest BCUT2D eigenvalue weighted by molar-refractivity contribution is 5.64. The molecule has 0 saturated carbocycles. The number of hydrogen-bond donors (Lipinski definition) is 1. The van der Waals surface area contributed by atoms with Gasteiger partial charge in [0, 0.05) is 50.2 Å². The van der Waals surface area contributed by atoms with Crippen LogP contribution in [0.5, 0.6) is 0 Å². The van der Waals surface area contributed by atoms with Crippen molar-refractivity contribution < 1.29 is 0 Å². The average Bonchev–Trinajstić information content (AvgIpc) is 2.76. The normalized spacial score (nSPS) is 15.2. The average molecular weight is 388 g/mol. The molecule has 0 aliphatic carbocycles. The van der Waals surface area contributed by atoms with E-state index >= 15 is 0 Å². The third-order valence-corrected chi connectivity index (χ3v) is 5.09. The molecule has 3 aromatic rings. The second kappa shape index (κ2) is 8.89. The first kappa shape index (κ1) is 19.2. The molecule has 0 atom stereocenters. The molecule has 29 heavy (non-hydrogen) atoms. The summed E-state index contributed by atoms with van der Waals surface area (Å²) in [4.78, 5) is 24.5. The lowest BCUT2D eigenvalue weighted by molar-refractivity contribution is 0.148. The number of rotatable bonds is 6. The van der Waals surface area contributed by atoms with Crippen LogP contribution in [0.2, 0.25) is 0 Å². The van der Waals surface area contributed by atoms with Gasteiger partial charge in [0.2, 0.25) is 5.95 Å². The van der Waals surface area contributed by atoms with Crippen LogP contribution in [0.25, 0.3) is 11.3 Å². The third-order valence-electron chi connectivity index (χ3n) is 5.09. The molecule has 0 unspecified atom stereocenters. The first-order chi connectivity index (χ1) is 14.2. The summed E-state index contributed by atoms with van der Waals surface area (Å²) in [5.41, 5.74) is 4.29. The number of anilines is 2. The van der Waals surface area contributed by atoms with E-state index in [-0.39, 0.29) is 0 Å². The van der Waals surface area contributed by atoms with Gasteiger partial charge in [-0.05, 0) is 48.1 Å². The van der Waals surface area contributed by atoms with Crippen LogP contribution in [0.1, 0.15) is 5.56 Å². The largest absolute Gasteiger partial charge is 0.324 e. The molecule has 1 aliphatic heterocycles. The summed E-state index contributed by atoms with van der Waals surface area (Å²) in [6.45, 7) is 5.36. The first-order valence-electron chi connectivity index (χ1n) is 9.73. The maximum absolute atomic E-state index is 10.7. The molecule has 0 bridgehead atoms. The van der Waals surface area contributed by atoms with Crippen molar-refractivity contribution in [1.29, 1.82) is 0 Å². The van der Waals surface area contributed by atoms with Crippen molar-refractivity contribution in [2.24, 2.45) is 5.18 Å². The molecule has 1 fully saturated rings. The van der Waals surface area contributed by atoms with E-state index in [4.69, 9.17) is 0 Å². The van der Waals surface area contributed by atoms with Crippen LogP contribution in [-0.2, 0) is 6.54 Å². The summed E-state index contributed by atoms with van der Waals surface area (Å²) in [5.74, 6) is 0.481. The highest BCUT2D eigenvalue weighted by Crippen LogP contribution is 2.23. The van der Waals surface area contributed by atoms with Gasteiger partial charge in [-0.25, -0.2) is 9.97 Å². The minimum Gasteiger partial charge on any atom is -0.324 e. The molecule has 1 saturated heterocycles. The van der Waals surface area contributed by atoms with Crippen molar-refractivity contribution in [2.45, 2.75) is 6.54 Å². The van der Waals surface area contributed by atoms with Crippen LogP contribution in [0, 0.1) is 4.91 Å². The van der Waals surface area contributed by atoms with Gasteiger partial charge >= 0.3 is 0 Å². The second-order valence-corrected chi connectivity index (χ2v) is 7.31. The van der Waals surface area contributed by atoms with Crippen LogP contribution in [0.3, 0.4) is 0 Å². The Morgan fingerprint density at radius 1 is 1.03 bits per heavy atom. The Morgan fingerprint density at radius 3 is 2.69 bits per heavy atom. The minimum absolute atomic E-state index is 0.364. The van der Waals surface area contributed by atoms with Gasteiger partial charge in [0.1, 0.15) is 5.69 Å². The molecule has 0 spiro atoms. The highest BCUT2D eigenvalue weighted by atomic mass is 16.3. The SMILES string of the molecule is CN1CCN(Cc2cccc(-c3ccnc(Nc4cccc(N=O)c4)n3)c2)CC1. The van der Waals surface area contributed by atoms with E-state index in [1.165, 1.54) is 5.56 Å². The van der Waals surface area contributed by atoms with Crippen molar-refractivity contribution in [1.82, 2.24) is 19.8 Å². The summed E-state index contributed by atoms with van der Waals surface area (Å²) in [7, 11) is 2.17. The van der Waals surface area contributed by atoms with E-state index in [0.29, 0.717) is 11.6 Å². The molecule has 1 aliphatic rings. The van der Waals surface area contributed by atoms with E-state index in [9.17, 15) is 4.91 Å². The molecule has 1 N–H and O–H groups in total. The Bertz CT molecular complexity index is 984. The molecule has 1 aromatic heterocycles. The van der Waals surface area contributed by atoms with Gasteiger partial charge in [0.25, 0.3) is 0 Å². The number of nitrogens with zero attached hydrogens (tertiary/aromatic N) is 5. The number of hydrogen-bond acceptors (Lipinski definition) is 7. The van der Waals surface area contributed by atoms with E-state index < -0.39 is 0 Å². The van der Waals surface area contributed by atoms with Crippen molar-refractivity contribution in [2.75, 3.05) is 38.5 Å². The molecule has 0 radical (unpaired) electrons. The smallest absolute Gasteiger partial charge is 0.227 e. The molecule has 0 amide bonds. The summed E-state index contributed by atoms with van der Waals surface area (Å²) in [6.07, 6.45) is 1.74. The predicted octanol–water partition coefficient (Wildman–Crippen LogP) is 4.03. The van der Waals surface area contributed by atoms with Gasteiger partial charge in [0.05, 0.1) is 5.69 Å². The number of nitrogens with one attached hydrogen (secondary N) is 1. The number of nitroso groups, excluding NO2 is 1. The standard InChI is InChI=1S/C22H24N6O/c1-27-10-12-28(13-11-27)16-17-4-2-5-18(14-17)21-8-9-23-22(25-21)24-19-6-3-7-20(15-19)26-29/h2-9,14-15H,10-13,16H2,1H3,(H,23,24,25). The fourth-order valence-corrected chi connectivity index (χ4v) is 3.44. The van der Waals surface area contributed by atoms with Gasteiger partial charge < -0.3 is 10.2 Å². The van der Waals surface area contributed by atoms with Crippen molar-refractivity contribution in [3.8, 4) is 11.3 Å². The van der Waals surface area contributed by atoms with Crippen LogP contribution in [0.15, 0.2) is 66.0 Å². The molecule has 2 heterocycles. The van der Waals surface area contributed by atoms with Crippen molar-refractivity contribution in [3.63, 3.8) is 0 Å². The Labute approximate surface area is 170 Å². The van der Waals surface area contributed by atoms with Crippen LogP contribution in [-0.4, -0.2) is 53.0 Å². The maximum Gasteiger partial charge on any atom is 0.227 e. The first-order valence-corrected chi connectivity index (χ1v) is 9.73. The molecular weight excluding hydrogens is 364 g/mol. The zero-order valence-electron chi connectivity index (χ0n) is 16.5. The maximum atomic E-state index is 10.7. The van der Waals surface area contributed by atoms with Gasteiger partial charge in [-0.1, -0.05) is 24.3 Å². The lowest BCUT2D eigenvalue weighted by Gasteiger charge is -2.32. The molecule has 148 valence electrons. The van der Waals surface area contributed by atoms with Gasteiger partial charge in [-0.3, -0.25) is 4.90 Å². The zero-order chi connectivity index (χ0) is 20.1. The number of likely N-dealkylation sites (N-methyl/N-ethyl adjacent to an activating group) is 1. The number of aromatic nitrogens is 2. The highest BCUT2D eigenvalue weighted by Gasteiger charge is 2.14. The van der Waals surface area contributed by atoms with Gasteiger partial charge in [0.15, 0.2) is 0 Å². The monoisotopic (exact) mass is 388 g/mol. The van der Waals surface area contributed by atoms with E-state index in [1.807, 2.05) is 12.1 Å². The van der Waals surface area contributed by atoms with Gasteiger partial charge in [-0.15, -0.1) is 4.91 Å². The lowest BCUT2D eigenvalue weighted by Crippen LogP contribution is -2.43. The molecular formula is C22H24N6O. The van der Waals surface area contributed by atoms with Gasteiger partial charge in [-0.2, -0.15) is 0 Å². The molecule has 7 heteroatoms. The summed E-state index contributed by atoms with van der Waals surface area (Å²) in [6, 6.07) is 17.4. The number of benzene rings is 2. The summed E-state index contributed by atoms with van der Waals surface area (Å²) >= 11 is 0. The third kappa shape index (κ3) is 5.01. The molecule has 7 nitrogen and oxygen atoms in total. The zero-order valence-corrected chi connectivity index (χ0v) is 16.5. The van der Waals surface area contributed by atoms with Crippen LogP contribution in [0.4, 0.5) is 17.3 Å². The molecule has 4 rings (SSSR count). The Balaban J connectivity index is 1.49. The topological polar surface area (TPSA) is 73.7 Å². The Morgan fingerprint density at radius 2 is 1.86 bits per heavy atom. The van der Waals surface area contributed by atoms with Crippen molar-refractivity contribution >= 4 is 17.3 Å². The predicted molar refractivity (Wildman–Crippen MR) is 115 cm³/mol. The van der Waals surface area contributed by atoms with E-state index in [1.54, 1.807) is 24.4 Å². The van der Waals surface area contributed by atoms with E-state index in [0.717, 1.165) is 49.7 Å². The van der Waals surface area contributed by atoms with E-state index in [2.05, 4.69) is 61.6 Å². The lowest BCUT2D eigenvalue weighted by atomic mass is 10.1. The summed E-state index contributed by atoms with van der Waals surface area (Å²) < 4.78 is 0. The minimum atomic E-state index is 0.364. The quantitative estimate of drug-likeness (QED) is 0.643. The van der Waals surface area contributed by atoms with Crippen LogP contribution >= 0.6 is 0 Å². The fraction of sp³-hybridized carbons (Fsp3) is 0.273. The second-order valence-electron chi connectivity index (χ2n) is 7.31. The molecule has 2 aromatic carbocycles. The summed E-state index contributed by atoms with van der Waals surface area (Å²) in [5, 5.41) is 6.10.